The Labute approximate surface area is 108 Å². The van der Waals surface area contributed by atoms with Gasteiger partial charge in [-0.05, 0) is 24.5 Å². The summed E-state index contributed by atoms with van der Waals surface area (Å²) in [6.07, 6.45) is 0. The van der Waals surface area contributed by atoms with Crippen LogP contribution in [0.3, 0.4) is 0 Å². The fourth-order valence-corrected chi connectivity index (χ4v) is 2.23. The average Bonchev–Trinajstić information content (AvgIpc) is 2.68. The molecule has 2 rings (SSSR count). The molecule has 1 amide bonds. The molecule has 1 aromatic heterocycles. The molecule has 0 bridgehead atoms. The third kappa shape index (κ3) is 2.48. The molecule has 0 radical (unpaired) electrons. The largest absolute Gasteiger partial charge is 0.389 e. The van der Waals surface area contributed by atoms with Crippen LogP contribution in [0.15, 0.2) is 24.3 Å². The van der Waals surface area contributed by atoms with E-state index >= 15 is 0 Å². The van der Waals surface area contributed by atoms with Crippen LogP contribution in [0.25, 0.3) is 0 Å². The second-order valence-electron chi connectivity index (χ2n) is 3.78. The monoisotopic (exact) mass is 265 g/mol. The van der Waals surface area contributed by atoms with Gasteiger partial charge >= 0.3 is 0 Å². The van der Waals surface area contributed by atoms with Gasteiger partial charge in [0.05, 0.1) is 11.3 Å². The van der Waals surface area contributed by atoms with Crippen LogP contribution in [0.5, 0.6) is 0 Å². The van der Waals surface area contributed by atoms with Crippen molar-refractivity contribution in [2.24, 2.45) is 0 Å². The number of rotatable bonds is 3. The van der Waals surface area contributed by atoms with E-state index in [-0.39, 0.29) is 18.3 Å². The van der Waals surface area contributed by atoms with E-state index in [1.54, 1.807) is 25.1 Å². The minimum absolute atomic E-state index is 0.125. The summed E-state index contributed by atoms with van der Waals surface area (Å²) in [7, 11) is 0. The van der Waals surface area contributed by atoms with Gasteiger partial charge in [0.15, 0.2) is 0 Å². The van der Waals surface area contributed by atoms with E-state index in [0.717, 1.165) is 11.5 Å². The zero-order valence-corrected chi connectivity index (χ0v) is 10.6. The lowest BCUT2D eigenvalue weighted by Gasteiger charge is -2.06. The minimum atomic E-state index is -0.342. The Bertz CT molecular complexity index is 563. The van der Waals surface area contributed by atoms with Crippen molar-refractivity contribution < 1.29 is 9.18 Å². The van der Waals surface area contributed by atoms with Crippen LogP contribution in [0.4, 0.5) is 9.39 Å². The number of halogens is 1. The third-order valence-electron chi connectivity index (χ3n) is 2.51. The van der Waals surface area contributed by atoms with Gasteiger partial charge in [0.2, 0.25) is 0 Å². The van der Waals surface area contributed by atoms with E-state index in [4.69, 9.17) is 5.73 Å². The number of nitrogens with two attached hydrogens (primary N) is 1. The number of nitrogens with zero attached hydrogens (tertiary/aromatic N) is 1. The Balaban J connectivity index is 2.08. The summed E-state index contributed by atoms with van der Waals surface area (Å²) >= 11 is 1.08. The predicted molar refractivity (Wildman–Crippen MR) is 68.8 cm³/mol. The maximum atomic E-state index is 13.4. The van der Waals surface area contributed by atoms with Crippen molar-refractivity contribution in [3.05, 3.63) is 46.9 Å². The topological polar surface area (TPSA) is 68.0 Å². The highest BCUT2D eigenvalue weighted by atomic mass is 32.1. The van der Waals surface area contributed by atoms with Gasteiger partial charge in [-0.15, -0.1) is 0 Å². The number of nitrogens with one attached hydrogen (secondary N) is 1. The Hall–Kier alpha value is -1.95. The molecule has 0 fully saturated rings. The summed E-state index contributed by atoms with van der Waals surface area (Å²) in [6.45, 7) is 1.84. The van der Waals surface area contributed by atoms with Gasteiger partial charge < -0.3 is 11.1 Å². The van der Waals surface area contributed by atoms with Crippen LogP contribution in [0, 0.1) is 12.7 Å². The number of carbonyl (C=O) groups excluding carboxylic acids is 1. The first kappa shape index (κ1) is 12.5. The highest BCUT2D eigenvalue weighted by molar-refractivity contribution is 7.10. The average molecular weight is 265 g/mol. The molecule has 1 heterocycles. The number of anilines is 1. The Morgan fingerprint density at radius 1 is 1.50 bits per heavy atom. The van der Waals surface area contributed by atoms with E-state index in [2.05, 4.69) is 9.69 Å². The van der Waals surface area contributed by atoms with Gasteiger partial charge in [-0.25, -0.2) is 4.39 Å². The molecule has 0 unspecified atom stereocenters. The zero-order chi connectivity index (χ0) is 13.1. The fourth-order valence-electron chi connectivity index (χ4n) is 1.57. The molecular formula is C12H12FN3OS. The second kappa shape index (κ2) is 5.14. The zero-order valence-electron chi connectivity index (χ0n) is 9.74. The lowest BCUT2D eigenvalue weighted by atomic mass is 10.2. The Kier molecular flexibility index (Phi) is 3.57. The quantitative estimate of drug-likeness (QED) is 0.893. The lowest BCUT2D eigenvalue weighted by Crippen LogP contribution is -2.24. The van der Waals surface area contributed by atoms with Gasteiger partial charge in [0.1, 0.15) is 10.8 Å². The Morgan fingerprint density at radius 2 is 2.22 bits per heavy atom. The molecule has 4 nitrogen and oxygen atoms in total. The van der Waals surface area contributed by atoms with Crippen molar-refractivity contribution in [1.82, 2.24) is 9.69 Å². The SMILES string of the molecule is Cc1nsc(N)c1C(=O)NCc1ccccc1F. The van der Waals surface area contributed by atoms with Crippen LogP contribution < -0.4 is 11.1 Å². The highest BCUT2D eigenvalue weighted by Gasteiger charge is 2.16. The number of carbonyl (C=O) groups is 1. The number of hydrogen-bond donors (Lipinski definition) is 2. The smallest absolute Gasteiger partial charge is 0.256 e. The van der Waals surface area contributed by atoms with Crippen LogP contribution >= 0.6 is 11.5 Å². The van der Waals surface area contributed by atoms with Gasteiger partial charge in [0.25, 0.3) is 5.91 Å². The van der Waals surface area contributed by atoms with Crippen LogP contribution in [0.1, 0.15) is 21.6 Å². The molecule has 3 N–H and O–H groups in total. The van der Waals surface area contributed by atoms with Gasteiger partial charge in [-0.2, -0.15) is 4.37 Å². The molecule has 6 heteroatoms. The van der Waals surface area contributed by atoms with E-state index in [1.165, 1.54) is 6.07 Å². The standard InChI is InChI=1S/C12H12FN3OS/c1-7-10(11(14)18-16-7)12(17)15-6-8-4-2-3-5-9(8)13/h2-5H,6,14H2,1H3,(H,15,17). The van der Waals surface area contributed by atoms with Crippen molar-refractivity contribution in [3.8, 4) is 0 Å². The molecule has 0 aliphatic heterocycles. The molecule has 0 spiro atoms. The van der Waals surface area contributed by atoms with E-state index in [9.17, 15) is 9.18 Å². The van der Waals surface area contributed by atoms with Crippen LogP contribution in [0.2, 0.25) is 0 Å². The number of benzene rings is 1. The lowest BCUT2D eigenvalue weighted by molar-refractivity contribution is 0.0951. The van der Waals surface area contributed by atoms with Gasteiger partial charge in [0, 0.05) is 12.1 Å². The van der Waals surface area contributed by atoms with Gasteiger partial charge in [-0.3, -0.25) is 4.79 Å². The molecule has 0 aliphatic carbocycles. The van der Waals surface area contributed by atoms with Crippen molar-refractivity contribution in [2.75, 3.05) is 5.73 Å². The first-order chi connectivity index (χ1) is 8.59. The predicted octanol–water partition coefficient (Wildman–Crippen LogP) is 2.10. The van der Waals surface area contributed by atoms with Crippen molar-refractivity contribution in [3.63, 3.8) is 0 Å². The maximum Gasteiger partial charge on any atom is 0.256 e. The first-order valence-corrected chi connectivity index (χ1v) is 6.10. The maximum absolute atomic E-state index is 13.4. The fraction of sp³-hybridized carbons (Fsp3) is 0.167. The number of aryl methyl sites for hydroxylation is 1. The first-order valence-electron chi connectivity index (χ1n) is 5.33. The number of nitrogen functional groups attached to an aromatic ring is 1. The molecule has 0 aliphatic rings. The molecular weight excluding hydrogens is 253 g/mol. The van der Waals surface area contributed by atoms with Crippen molar-refractivity contribution in [2.45, 2.75) is 13.5 Å². The molecule has 0 saturated heterocycles. The number of aromatic nitrogens is 1. The molecule has 0 saturated carbocycles. The van der Waals surface area contributed by atoms with Crippen molar-refractivity contribution >= 4 is 22.4 Å². The number of hydrogen-bond acceptors (Lipinski definition) is 4. The summed E-state index contributed by atoms with van der Waals surface area (Å²) < 4.78 is 17.3. The summed E-state index contributed by atoms with van der Waals surface area (Å²) in [6, 6.07) is 6.30. The van der Waals surface area contributed by atoms with Crippen LogP contribution in [-0.4, -0.2) is 10.3 Å². The summed E-state index contributed by atoms with van der Waals surface area (Å²) in [5, 5.41) is 3.01. The molecule has 18 heavy (non-hydrogen) atoms. The van der Waals surface area contributed by atoms with E-state index in [1.807, 2.05) is 0 Å². The molecule has 2 aromatic rings. The summed E-state index contributed by atoms with van der Waals surface area (Å²) in [5.74, 6) is -0.673. The van der Waals surface area contributed by atoms with Gasteiger partial charge in [-0.1, -0.05) is 18.2 Å². The minimum Gasteiger partial charge on any atom is -0.389 e. The molecule has 0 atom stereocenters. The summed E-state index contributed by atoms with van der Waals surface area (Å²) in [5.41, 5.74) is 7.06. The molecule has 1 aromatic carbocycles. The Morgan fingerprint density at radius 3 is 2.83 bits per heavy atom. The third-order valence-corrected chi connectivity index (χ3v) is 3.28. The van der Waals surface area contributed by atoms with Crippen LogP contribution in [-0.2, 0) is 6.54 Å². The van der Waals surface area contributed by atoms with E-state index in [0.29, 0.717) is 21.8 Å². The number of amides is 1. The highest BCUT2D eigenvalue weighted by Crippen LogP contribution is 2.20. The normalized spacial score (nSPS) is 10.3. The molecule has 94 valence electrons. The second-order valence-corrected chi connectivity index (χ2v) is 4.59. The summed E-state index contributed by atoms with van der Waals surface area (Å²) in [4.78, 5) is 11.9. The van der Waals surface area contributed by atoms with Crippen molar-refractivity contribution in [1.29, 1.82) is 0 Å². The van der Waals surface area contributed by atoms with E-state index < -0.39 is 0 Å².